The van der Waals surface area contributed by atoms with Gasteiger partial charge in [0.1, 0.15) is 19.8 Å². The van der Waals surface area contributed by atoms with Crippen molar-refractivity contribution < 1.29 is 52.3 Å². The monoisotopic (exact) mass is 888 g/mol. The van der Waals surface area contributed by atoms with Crippen LogP contribution in [0.25, 0.3) is 0 Å². The smallest absolute Gasteiger partial charge is 0.306 e. The Kier molecular flexibility index (Phi) is 38.1. The number of esters is 2. The Morgan fingerprint density at radius 3 is 1.73 bits per heavy atom. The zero-order valence-electron chi connectivity index (χ0n) is 38.7. The number of ether oxygens (including phenoxy) is 2. The summed E-state index contributed by atoms with van der Waals surface area (Å²) in [6.45, 7) is 3.74. The fourth-order valence-corrected chi connectivity index (χ4v) is 6.06. The van der Waals surface area contributed by atoms with Gasteiger partial charge in [-0.15, -0.1) is 0 Å². The van der Waals surface area contributed by atoms with Gasteiger partial charge in [0.15, 0.2) is 6.10 Å². The zero-order valence-corrected chi connectivity index (χ0v) is 39.6. The standard InChI is InChI=1S/C50H82NO10P/c1-6-8-10-11-12-13-14-15-16-17-18-19-20-21-22-26-34-40-49(54)58-44-48(45-60-62(56,57)59-43-42-51(3,4)5)61-50(55)41-35-27-24-23-25-31-37-47(53)39-33-29-28-32-38-46(52)36-30-9-7-2/h9,12-13,15-16,18-19,24-25,27-33,38-39,46-48,52-53H,6-8,10-11,14,17,20-23,26,34-37,40-45H2,1-5H3/b13-12-,16-15-,19-18-,27-24-,29-28-,30-9-,31-25-,38-32+,39-33+/t46-,47+,48+/m0/s1. The predicted molar refractivity (Wildman–Crippen MR) is 252 cm³/mol. The van der Waals surface area contributed by atoms with E-state index in [4.69, 9.17) is 18.5 Å². The van der Waals surface area contributed by atoms with E-state index in [1.165, 1.54) is 19.3 Å². The first-order valence-electron chi connectivity index (χ1n) is 22.8. The van der Waals surface area contributed by atoms with Crippen molar-refractivity contribution in [2.75, 3.05) is 47.5 Å². The first-order valence-corrected chi connectivity index (χ1v) is 24.3. The van der Waals surface area contributed by atoms with Crippen LogP contribution in [0.1, 0.15) is 129 Å². The Morgan fingerprint density at radius 2 is 1.15 bits per heavy atom. The summed E-state index contributed by atoms with van der Waals surface area (Å²) in [5.41, 5.74) is 0. The van der Waals surface area contributed by atoms with Gasteiger partial charge in [0.2, 0.25) is 0 Å². The zero-order chi connectivity index (χ0) is 46.0. The Balaban J connectivity index is 4.65. The highest BCUT2D eigenvalue weighted by Gasteiger charge is 2.21. The van der Waals surface area contributed by atoms with Crippen LogP contribution in [0.15, 0.2) is 109 Å². The maximum absolute atomic E-state index is 12.7. The minimum atomic E-state index is -4.69. The molecule has 0 aromatic carbocycles. The summed E-state index contributed by atoms with van der Waals surface area (Å²) in [7, 11) is 1.02. The quantitative estimate of drug-likeness (QED) is 0.0152. The number of nitrogens with zero attached hydrogens (tertiary/aromatic N) is 1. The number of hydrogen-bond acceptors (Lipinski definition) is 10. The summed E-state index contributed by atoms with van der Waals surface area (Å²) in [6.07, 6.45) is 47.6. The summed E-state index contributed by atoms with van der Waals surface area (Å²) in [5.74, 6) is -1.04. The number of likely N-dealkylation sites (N-methyl/N-ethyl adjacent to an activating group) is 1. The van der Waals surface area contributed by atoms with Crippen LogP contribution in [0.2, 0.25) is 0 Å². The van der Waals surface area contributed by atoms with E-state index in [2.05, 4.69) is 43.4 Å². The van der Waals surface area contributed by atoms with Crippen molar-refractivity contribution >= 4 is 19.8 Å². The number of hydrogen-bond donors (Lipinski definition) is 2. The van der Waals surface area contributed by atoms with E-state index in [0.717, 1.165) is 51.4 Å². The molecule has 0 aliphatic rings. The van der Waals surface area contributed by atoms with Crippen LogP contribution in [0, 0.1) is 0 Å². The van der Waals surface area contributed by atoms with Crippen LogP contribution in [0.3, 0.4) is 0 Å². The minimum Gasteiger partial charge on any atom is -0.756 e. The number of carbonyl (C=O) groups excluding carboxylic acids is 2. The van der Waals surface area contributed by atoms with Crippen molar-refractivity contribution in [3.05, 3.63) is 109 Å². The molecule has 0 spiro atoms. The lowest BCUT2D eigenvalue weighted by atomic mass is 10.1. The van der Waals surface area contributed by atoms with Crippen LogP contribution in [0.4, 0.5) is 0 Å². The number of aliphatic hydroxyl groups excluding tert-OH is 2. The summed E-state index contributed by atoms with van der Waals surface area (Å²) >= 11 is 0. The van der Waals surface area contributed by atoms with Gasteiger partial charge in [-0.05, 0) is 77.0 Å². The maximum Gasteiger partial charge on any atom is 0.306 e. The second-order valence-corrected chi connectivity index (χ2v) is 17.5. The first-order chi connectivity index (χ1) is 29.8. The van der Waals surface area contributed by atoms with Gasteiger partial charge in [0.25, 0.3) is 7.82 Å². The average molecular weight is 888 g/mol. The Hall–Kier alpha value is -3.41. The molecule has 0 saturated carbocycles. The number of carbonyl (C=O) groups is 2. The summed E-state index contributed by atoms with van der Waals surface area (Å²) < 4.78 is 33.7. The molecule has 0 saturated heterocycles. The fourth-order valence-electron chi connectivity index (χ4n) is 5.33. The Labute approximate surface area is 375 Å². The number of rotatable bonds is 39. The van der Waals surface area contributed by atoms with Crippen molar-refractivity contribution in [2.24, 2.45) is 0 Å². The number of quaternary nitrogens is 1. The SMILES string of the molecule is CC/C=C\C[C@H](O)/C=C/C=C\C=C\[C@H](O)C/C=C\C/C=C\CCC(=O)O[C@H](COC(=O)CCCCCC/C=C\C/C=C\C/C=C\CCCCC)COP(=O)([O-])OCC[N+](C)(C)C. The van der Waals surface area contributed by atoms with Gasteiger partial charge in [-0.3, -0.25) is 14.2 Å². The van der Waals surface area contributed by atoms with E-state index >= 15 is 0 Å². The molecule has 0 amide bonds. The molecule has 0 fully saturated rings. The fraction of sp³-hybridized carbons (Fsp3) is 0.600. The van der Waals surface area contributed by atoms with Crippen molar-refractivity contribution in [1.29, 1.82) is 0 Å². The van der Waals surface area contributed by atoms with Gasteiger partial charge in [0.05, 0.1) is 40.0 Å². The number of phosphoric acid groups is 1. The minimum absolute atomic E-state index is 0.0313. The second-order valence-electron chi connectivity index (χ2n) is 16.1. The van der Waals surface area contributed by atoms with Gasteiger partial charge >= 0.3 is 11.9 Å². The summed E-state index contributed by atoms with van der Waals surface area (Å²) in [4.78, 5) is 37.6. The van der Waals surface area contributed by atoms with Crippen molar-refractivity contribution in [3.63, 3.8) is 0 Å². The van der Waals surface area contributed by atoms with E-state index in [1.807, 2.05) is 64.5 Å². The summed E-state index contributed by atoms with van der Waals surface area (Å²) in [5, 5.41) is 20.0. The lowest BCUT2D eigenvalue weighted by Gasteiger charge is -2.28. The van der Waals surface area contributed by atoms with E-state index in [-0.39, 0.29) is 26.1 Å². The number of phosphoric ester groups is 1. The summed E-state index contributed by atoms with van der Waals surface area (Å²) in [6, 6.07) is 0. The molecule has 62 heavy (non-hydrogen) atoms. The molecule has 11 nitrogen and oxygen atoms in total. The predicted octanol–water partition coefficient (Wildman–Crippen LogP) is 10.4. The van der Waals surface area contributed by atoms with Crippen LogP contribution in [0.5, 0.6) is 0 Å². The molecule has 0 rings (SSSR count). The van der Waals surface area contributed by atoms with Crippen molar-refractivity contribution in [2.45, 2.75) is 148 Å². The molecule has 352 valence electrons. The van der Waals surface area contributed by atoms with Crippen LogP contribution < -0.4 is 4.89 Å². The first kappa shape index (κ1) is 58.6. The van der Waals surface area contributed by atoms with E-state index < -0.39 is 44.7 Å². The number of unbranched alkanes of at least 4 members (excludes halogenated alkanes) is 7. The van der Waals surface area contributed by atoms with Crippen molar-refractivity contribution in [1.82, 2.24) is 0 Å². The number of allylic oxidation sites excluding steroid dienone is 14. The maximum atomic E-state index is 12.7. The highest BCUT2D eigenvalue weighted by atomic mass is 31.2. The Bertz CT molecular complexity index is 1450. The molecule has 0 aromatic rings. The molecule has 2 N–H and O–H groups in total. The van der Waals surface area contributed by atoms with Crippen LogP contribution in [-0.4, -0.2) is 92.5 Å². The second kappa shape index (κ2) is 40.4. The van der Waals surface area contributed by atoms with Gasteiger partial charge in [-0.25, -0.2) is 0 Å². The lowest BCUT2D eigenvalue weighted by molar-refractivity contribution is -0.870. The third-order valence-electron chi connectivity index (χ3n) is 8.96. The Morgan fingerprint density at radius 1 is 0.613 bits per heavy atom. The van der Waals surface area contributed by atoms with E-state index in [1.54, 1.807) is 36.5 Å². The molecule has 12 heteroatoms. The van der Waals surface area contributed by atoms with Gasteiger partial charge in [0, 0.05) is 12.8 Å². The molecular formula is C50H82NO10P. The molecule has 0 aliphatic carbocycles. The molecule has 0 bridgehead atoms. The molecule has 0 aliphatic heterocycles. The molecule has 0 radical (unpaired) electrons. The van der Waals surface area contributed by atoms with Crippen molar-refractivity contribution in [3.8, 4) is 0 Å². The van der Waals surface area contributed by atoms with Gasteiger partial charge in [-0.2, -0.15) is 0 Å². The van der Waals surface area contributed by atoms with E-state index in [0.29, 0.717) is 43.1 Å². The lowest BCUT2D eigenvalue weighted by Crippen LogP contribution is -2.37. The van der Waals surface area contributed by atoms with Crippen LogP contribution >= 0.6 is 7.82 Å². The van der Waals surface area contributed by atoms with Crippen LogP contribution in [-0.2, 0) is 32.7 Å². The third kappa shape index (κ3) is 43.2. The highest BCUT2D eigenvalue weighted by molar-refractivity contribution is 7.45. The average Bonchev–Trinajstić information content (AvgIpc) is 3.21. The third-order valence-corrected chi connectivity index (χ3v) is 9.92. The normalized spacial score (nSPS) is 15.5. The topological polar surface area (TPSA) is 152 Å². The van der Waals surface area contributed by atoms with Gasteiger partial charge in [-0.1, -0.05) is 149 Å². The van der Waals surface area contributed by atoms with E-state index in [9.17, 15) is 29.3 Å². The molecule has 0 aromatic heterocycles. The highest BCUT2D eigenvalue weighted by Crippen LogP contribution is 2.38. The number of aliphatic hydroxyl groups is 2. The molecule has 1 unspecified atom stereocenters. The molecule has 4 atom stereocenters. The molecular weight excluding hydrogens is 806 g/mol. The van der Waals surface area contributed by atoms with Gasteiger partial charge < -0.3 is 38.1 Å². The largest absolute Gasteiger partial charge is 0.756 e. The molecule has 0 heterocycles.